The van der Waals surface area contributed by atoms with Crippen molar-refractivity contribution in [3.63, 3.8) is 0 Å². The van der Waals surface area contributed by atoms with E-state index in [0.29, 0.717) is 11.3 Å². The number of hydrogen-bond acceptors (Lipinski definition) is 2. The Labute approximate surface area is 91.9 Å². The van der Waals surface area contributed by atoms with Crippen molar-refractivity contribution >= 4 is 5.69 Å². The van der Waals surface area contributed by atoms with Gasteiger partial charge in [0.25, 0.3) is 0 Å². The van der Waals surface area contributed by atoms with Crippen molar-refractivity contribution in [1.82, 2.24) is 0 Å². The van der Waals surface area contributed by atoms with Crippen LogP contribution >= 0.6 is 0 Å². The monoisotopic (exact) mass is 233 g/mol. The Bertz CT molecular complexity index is 338. The van der Waals surface area contributed by atoms with Crippen LogP contribution in [-0.4, -0.2) is 11.3 Å². The van der Waals surface area contributed by atoms with E-state index in [1.807, 2.05) is 0 Å². The number of benzene rings is 1. The maximum Gasteiger partial charge on any atom is 0.389 e. The highest BCUT2D eigenvalue weighted by atomic mass is 19.4. The molecule has 1 aromatic rings. The number of aliphatic hydroxyl groups excluding tert-OH is 1. The first-order valence-electron chi connectivity index (χ1n) is 4.99. The zero-order chi connectivity index (χ0) is 12.2. The number of nitrogens with two attached hydrogens (primary N) is 1. The summed E-state index contributed by atoms with van der Waals surface area (Å²) >= 11 is 0. The molecule has 0 aliphatic heterocycles. The lowest BCUT2D eigenvalue weighted by Gasteiger charge is -2.12. The van der Waals surface area contributed by atoms with Crippen molar-refractivity contribution in [3.8, 4) is 0 Å². The van der Waals surface area contributed by atoms with Crippen LogP contribution in [0.4, 0.5) is 18.9 Å². The van der Waals surface area contributed by atoms with E-state index in [2.05, 4.69) is 0 Å². The summed E-state index contributed by atoms with van der Waals surface area (Å²) in [5, 5.41) is 9.62. The van der Waals surface area contributed by atoms with Gasteiger partial charge in [-0.2, -0.15) is 13.2 Å². The lowest BCUT2D eigenvalue weighted by atomic mass is 10.0. The van der Waals surface area contributed by atoms with Gasteiger partial charge in [-0.3, -0.25) is 0 Å². The molecule has 0 heterocycles. The molecule has 0 amide bonds. The molecule has 0 aliphatic rings. The lowest BCUT2D eigenvalue weighted by molar-refractivity contribution is -0.136. The second kappa shape index (κ2) is 5.21. The minimum absolute atomic E-state index is 0.0839. The van der Waals surface area contributed by atoms with Gasteiger partial charge in [-0.15, -0.1) is 0 Å². The molecule has 0 saturated heterocycles. The highest BCUT2D eigenvalue weighted by molar-refractivity contribution is 5.41. The summed E-state index contributed by atoms with van der Waals surface area (Å²) in [6, 6.07) is 6.54. The topological polar surface area (TPSA) is 46.2 Å². The summed E-state index contributed by atoms with van der Waals surface area (Å²) in [5.41, 5.74) is 6.55. The zero-order valence-corrected chi connectivity index (χ0v) is 8.67. The van der Waals surface area contributed by atoms with E-state index in [1.165, 1.54) is 0 Å². The smallest absolute Gasteiger partial charge is 0.389 e. The molecule has 1 rings (SSSR count). The van der Waals surface area contributed by atoms with Crippen LogP contribution in [0.2, 0.25) is 0 Å². The summed E-state index contributed by atoms with van der Waals surface area (Å²) in [6.45, 7) is 0. The molecule has 0 aliphatic carbocycles. The predicted molar refractivity (Wildman–Crippen MR) is 55.7 cm³/mol. The van der Waals surface area contributed by atoms with Gasteiger partial charge in [0, 0.05) is 12.1 Å². The number of aliphatic hydroxyl groups is 1. The van der Waals surface area contributed by atoms with E-state index in [9.17, 15) is 18.3 Å². The fourth-order valence-electron chi connectivity index (χ4n) is 1.43. The van der Waals surface area contributed by atoms with Gasteiger partial charge in [0.05, 0.1) is 6.10 Å². The minimum Gasteiger partial charge on any atom is -0.399 e. The summed E-state index contributed by atoms with van der Waals surface area (Å²) in [6.07, 6.45) is -5.91. The molecule has 0 spiro atoms. The van der Waals surface area contributed by atoms with E-state index in [4.69, 9.17) is 5.73 Å². The zero-order valence-electron chi connectivity index (χ0n) is 8.67. The number of rotatable bonds is 4. The van der Waals surface area contributed by atoms with Gasteiger partial charge >= 0.3 is 6.18 Å². The van der Waals surface area contributed by atoms with Crippen molar-refractivity contribution in [2.45, 2.75) is 31.5 Å². The molecule has 0 fully saturated rings. The maximum absolute atomic E-state index is 11.9. The van der Waals surface area contributed by atoms with Gasteiger partial charge in [-0.1, -0.05) is 12.1 Å². The molecule has 2 nitrogen and oxygen atoms in total. The number of alkyl halides is 3. The molecule has 3 N–H and O–H groups in total. The molecule has 0 saturated carbocycles. The van der Waals surface area contributed by atoms with Gasteiger partial charge in [0.15, 0.2) is 0 Å². The van der Waals surface area contributed by atoms with E-state index < -0.39 is 18.7 Å². The Balaban J connectivity index is 2.44. The summed E-state index contributed by atoms with van der Waals surface area (Å²) in [4.78, 5) is 0. The van der Waals surface area contributed by atoms with Gasteiger partial charge in [-0.05, 0) is 30.5 Å². The average Bonchev–Trinajstić information content (AvgIpc) is 2.15. The second-order valence-corrected chi connectivity index (χ2v) is 3.69. The second-order valence-electron chi connectivity index (χ2n) is 3.69. The van der Waals surface area contributed by atoms with Gasteiger partial charge in [0.1, 0.15) is 0 Å². The summed E-state index contributed by atoms with van der Waals surface area (Å²) in [7, 11) is 0. The first-order chi connectivity index (χ1) is 7.38. The molecule has 0 aromatic heterocycles. The van der Waals surface area contributed by atoms with Crippen molar-refractivity contribution in [2.24, 2.45) is 0 Å². The number of nitrogen functional groups attached to an aromatic ring is 1. The lowest BCUT2D eigenvalue weighted by Crippen LogP contribution is -2.08. The van der Waals surface area contributed by atoms with Gasteiger partial charge in [0.2, 0.25) is 0 Å². The van der Waals surface area contributed by atoms with Crippen molar-refractivity contribution in [3.05, 3.63) is 29.8 Å². The average molecular weight is 233 g/mol. The van der Waals surface area contributed by atoms with Crippen LogP contribution in [0.5, 0.6) is 0 Å². The molecule has 16 heavy (non-hydrogen) atoms. The molecule has 0 radical (unpaired) electrons. The predicted octanol–water partition coefficient (Wildman–Crippen LogP) is 3.03. The summed E-state index contributed by atoms with van der Waals surface area (Å²) in [5.74, 6) is 0. The first kappa shape index (κ1) is 12.8. The van der Waals surface area contributed by atoms with Crippen LogP contribution in [0.15, 0.2) is 24.3 Å². The van der Waals surface area contributed by atoms with Crippen LogP contribution in [0.3, 0.4) is 0 Å². The van der Waals surface area contributed by atoms with E-state index in [0.717, 1.165) is 0 Å². The first-order valence-corrected chi connectivity index (χ1v) is 4.99. The van der Waals surface area contributed by atoms with E-state index in [1.54, 1.807) is 24.3 Å². The van der Waals surface area contributed by atoms with E-state index >= 15 is 0 Å². The maximum atomic E-state index is 11.9. The fourth-order valence-corrected chi connectivity index (χ4v) is 1.43. The molecular weight excluding hydrogens is 219 g/mol. The Morgan fingerprint density at radius 2 is 2.00 bits per heavy atom. The number of anilines is 1. The normalized spacial score (nSPS) is 13.8. The van der Waals surface area contributed by atoms with Gasteiger partial charge < -0.3 is 10.8 Å². The molecular formula is C11H14F3NO. The van der Waals surface area contributed by atoms with Crippen LogP contribution in [0.1, 0.15) is 30.9 Å². The summed E-state index contributed by atoms with van der Waals surface area (Å²) < 4.78 is 35.6. The Morgan fingerprint density at radius 3 is 2.56 bits per heavy atom. The standard InChI is InChI=1S/C11H14F3NO/c12-11(13,14)6-2-5-10(16)8-3-1-4-9(15)7-8/h1,3-4,7,10,16H,2,5-6,15H2. The molecule has 0 bridgehead atoms. The Kier molecular flexibility index (Phi) is 4.18. The van der Waals surface area contributed by atoms with Gasteiger partial charge in [-0.25, -0.2) is 0 Å². The molecule has 1 unspecified atom stereocenters. The third-order valence-electron chi connectivity index (χ3n) is 2.23. The Morgan fingerprint density at radius 1 is 1.31 bits per heavy atom. The third kappa shape index (κ3) is 4.53. The SMILES string of the molecule is Nc1cccc(C(O)CCCC(F)(F)F)c1. The number of hydrogen-bond donors (Lipinski definition) is 2. The highest BCUT2D eigenvalue weighted by Crippen LogP contribution is 2.26. The largest absolute Gasteiger partial charge is 0.399 e. The van der Waals surface area contributed by atoms with Crippen molar-refractivity contribution < 1.29 is 18.3 Å². The van der Waals surface area contributed by atoms with Crippen LogP contribution < -0.4 is 5.73 Å². The highest BCUT2D eigenvalue weighted by Gasteiger charge is 2.26. The fraction of sp³-hybridized carbons (Fsp3) is 0.455. The van der Waals surface area contributed by atoms with Crippen LogP contribution in [0.25, 0.3) is 0 Å². The number of halogens is 3. The van der Waals surface area contributed by atoms with Crippen LogP contribution in [-0.2, 0) is 0 Å². The third-order valence-corrected chi connectivity index (χ3v) is 2.23. The Hall–Kier alpha value is -1.23. The van der Waals surface area contributed by atoms with E-state index in [-0.39, 0.29) is 12.8 Å². The molecule has 1 aromatic carbocycles. The molecule has 1 atom stereocenters. The quantitative estimate of drug-likeness (QED) is 0.785. The minimum atomic E-state index is -4.16. The van der Waals surface area contributed by atoms with Crippen molar-refractivity contribution in [2.75, 3.05) is 5.73 Å². The molecule has 5 heteroatoms. The van der Waals surface area contributed by atoms with Crippen molar-refractivity contribution in [1.29, 1.82) is 0 Å². The molecule has 90 valence electrons. The van der Waals surface area contributed by atoms with Crippen LogP contribution in [0, 0.1) is 0 Å².